The van der Waals surface area contributed by atoms with Crippen molar-refractivity contribution in [3.05, 3.63) is 30.2 Å². The summed E-state index contributed by atoms with van der Waals surface area (Å²) < 4.78 is 13.0. The number of benzene rings is 1. The van der Waals surface area contributed by atoms with Gasteiger partial charge in [-0.15, -0.1) is 15.3 Å². The molecule has 0 bridgehead atoms. The number of methoxy groups -OCH3 is 1. The molecule has 4 rings (SSSR count). The minimum atomic E-state index is -0.0411. The van der Waals surface area contributed by atoms with Crippen molar-refractivity contribution in [1.29, 1.82) is 0 Å². The van der Waals surface area contributed by atoms with Gasteiger partial charge in [0.15, 0.2) is 0 Å². The first-order chi connectivity index (χ1) is 12.7. The van der Waals surface area contributed by atoms with Gasteiger partial charge in [0.1, 0.15) is 5.75 Å². The van der Waals surface area contributed by atoms with Crippen LogP contribution < -0.4 is 4.74 Å². The standard InChI is InChI=1S/C17H20N6O2S/c1-11(26-17-20-21-22-23(17)13-5-3-4-6-13)15-18-19-16(25-15)12-7-9-14(24-2)10-8-12/h7-11,13H,3-6H2,1-2H3/t11-/m1/s1. The van der Waals surface area contributed by atoms with E-state index in [2.05, 4.69) is 25.7 Å². The maximum absolute atomic E-state index is 5.86. The highest BCUT2D eigenvalue weighted by Crippen LogP contribution is 2.37. The van der Waals surface area contributed by atoms with Crippen LogP contribution in [0.15, 0.2) is 33.8 Å². The number of nitrogens with zero attached hydrogens (tertiary/aromatic N) is 6. The molecule has 3 aromatic rings. The Bertz CT molecular complexity index is 856. The van der Waals surface area contributed by atoms with E-state index in [1.54, 1.807) is 18.9 Å². The minimum absolute atomic E-state index is 0.0411. The van der Waals surface area contributed by atoms with Crippen LogP contribution in [-0.2, 0) is 0 Å². The zero-order valence-corrected chi connectivity index (χ0v) is 15.5. The van der Waals surface area contributed by atoms with Crippen molar-refractivity contribution in [2.75, 3.05) is 7.11 Å². The quantitative estimate of drug-likeness (QED) is 0.605. The zero-order chi connectivity index (χ0) is 17.9. The van der Waals surface area contributed by atoms with Gasteiger partial charge in [-0.3, -0.25) is 0 Å². The average Bonchev–Trinajstić information content (AvgIpc) is 3.42. The summed E-state index contributed by atoms with van der Waals surface area (Å²) in [7, 11) is 1.64. The van der Waals surface area contributed by atoms with Crippen LogP contribution in [0.1, 0.15) is 49.8 Å². The second-order valence-electron chi connectivity index (χ2n) is 6.28. The van der Waals surface area contributed by atoms with Crippen molar-refractivity contribution in [1.82, 2.24) is 30.4 Å². The molecule has 26 heavy (non-hydrogen) atoms. The third kappa shape index (κ3) is 3.44. The van der Waals surface area contributed by atoms with Crippen molar-refractivity contribution < 1.29 is 9.15 Å². The highest BCUT2D eigenvalue weighted by Gasteiger charge is 2.24. The predicted octanol–water partition coefficient (Wildman–Crippen LogP) is 3.70. The fourth-order valence-corrected chi connectivity index (χ4v) is 3.99. The number of hydrogen-bond donors (Lipinski definition) is 0. The van der Waals surface area contributed by atoms with E-state index in [-0.39, 0.29) is 5.25 Å². The molecule has 2 heterocycles. The van der Waals surface area contributed by atoms with E-state index in [1.807, 2.05) is 35.9 Å². The molecule has 0 aliphatic heterocycles. The average molecular weight is 372 g/mol. The lowest BCUT2D eigenvalue weighted by atomic mass is 10.2. The van der Waals surface area contributed by atoms with Gasteiger partial charge in [-0.05, 0) is 54.5 Å². The Labute approximate surface area is 155 Å². The van der Waals surface area contributed by atoms with Gasteiger partial charge in [-0.1, -0.05) is 24.6 Å². The molecule has 1 fully saturated rings. The molecule has 0 radical (unpaired) electrons. The molecule has 1 atom stereocenters. The number of tetrazole rings is 1. The molecule has 0 unspecified atom stereocenters. The first-order valence-corrected chi connectivity index (χ1v) is 9.55. The van der Waals surface area contributed by atoms with Crippen LogP contribution in [0.2, 0.25) is 0 Å². The highest BCUT2D eigenvalue weighted by atomic mass is 32.2. The molecular weight excluding hydrogens is 352 g/mol. The number of aromatic nitrogens is 6. The van der Waals surface area contributed by atoms with Crippen LogP contribution in [0.4, 0.5) is 0 Å². The third-order valence-corrected chi connectivity index (χ3v) is 5.58. The van der Waals surface area contributed by atoms with E-state index >= 15 is 0 Å². The lowest BCUT2D eigenvalue weighted by molar-refractivity contribution is 0.415. The van der Waals surface area contributed by atoms with Crippen LogP contribution in [0.25, 0.3) is 11.5 Å². The molecule has 9 heteroatoms. The number of thioether (sulfide) groups is 1. The van der Waals surface area contributed by atoms with Gasteiger partial charge in [-0.2, -0.15) is 0 Å². The van der Waals surface area contributed by atoms with Gasteiger partial charge in [0.25, 0.3) is 0 Å². The van der Waals surface area contributed by atoms with E-state index in [9.17, 15) is 0 Å². The van der Waals surface area contributed by atoms with Crippen molar-refractivity contribution in [2.45, 2.75) is 49.1 Å². The second-order valence-corrected chi connectivity index (χ2v) is 7.59. The molecule has 1 aliphatic rings. The fourth-order valence-electron chi connectivity index (χ4n) is 3.10. The van der Waals surface area contributed by atoms with Crippen LogP contribution in [0, 0.1) is 0 Å². The summed E-state index contributed by atoms with van der Waals surface area (Å²) in [5.74, 6) is 1.84. The summed E-state index contributed by atoms with van der Waals surface area (Å²) in [6.07, 6.45) is 4.74. The first kappa shape index (κ1) is 17.0. The number of hydrogen-bond acceptors (Lipinski definition) is 8. The maximum Gasteiger partial charge on any atom is 0.247 e. The van der Waals surface area contributed by atoms with Gasteiger partial charge >= 0.3 is 0 Å². The van der Waals surface area contributed by atoms with Gasteiger partial charge in [0.2, 0.25) is 16.9 Å². The van der Waals surface area contributed by atoms with Gasteiger partial charge in [0.05, 0.1) is 18.4 Å². The Morgan fingerprint density at radius 1 is 1.15 bits per heavy atom. The molecular formula is C17H20N6O2S. The van der Waals surface area contributed by atoms with Crippen molar-refractivity contribution >= 4 is 11.8 Å². The molecule has 0 saturated heterocycles. The largest absolute Gasteiger partial charge is 0.497 e. The Morgan fingerprint density at radius 3 is 2.65 bits per heavy atom. The highest BCUT2D eigenvalue weighted by molar-refractivity contribution is 7.99. The van der Waals surface area contributed by atoms with Crippen LogP contribution >= 0.6 is 11.8 Å². The first-order valence-electron chi connectivity index (χ1n) is 8.67. The van der Waals surface area contributed by atoms with Gasteiger partial charge in [0, 0.05) is 5.56 Å². The van der Waals surface area contributed by atoms with E-state index in [4.69, 9.17) is 9.15 Å². The minimum Gasteiger partial charge on any atom is -0.497 e. The summed E-state index contributed by atoms with van der Waals surface area (Å²) in [4.78, 5) is 0. The SMILES string of the molecule is COc1ccc(-c2nnc([C@@H](C)Sc3nnnn3C3CCCC3)o2)cc1. The summed E-state index contributed by atoms with van der Waals surface area (Å²) in [6, 6.07) is 7.93. The molecule has 1 aliphatic carbocycles. The van der Waals surface area contributed by atoms with Crippen molar-refractivity contribution in [3.63, 3.8) is 0 Å². The Morgan fingerprint density at radius 2 is 1.92 bits per heavy atom. The Kier molecular flexibility index (Phi) is 4.87. The lowest BCUT2D eigenvalue weighted by Crippen LogP contribution is -2.08. The summed E-state index contributed by atoms with van der Waals surface area (Å²) in [5.41, 5.74) is 0.859. The topological polar surface area (TPSA) is 91.8 Å². The van der Waals surface area contributed by atoms with Crippen molar-refractivity contribution in [2.24, 2.45) is 0 Å². The lowest BCUT2D eigenvalue weighted by Gasteiger charge is -2.12. The maximum atomic E-state index is 5.86. The molecule has 8 nitrogen and oxygen atoms in total. The van der Waals surface area contributed by atoms with Crippen LogP contribution in [0.5, 0.6) is 5.75 Å². The molecule has 0 amide bonds. The number of ether oxygens (including phenoxy) is 1. The molecule has 1 aromatic carbocycles. The van der Waals surface area contributed by atoms with Gasteiger partial charge < -0.3 is 9.15 Å². The monoisotopic (exact) mass is 372 g/mol. The smallest absolute Gasteiger partial charge is 0.247 e. The molecule has 0 N–H and O–H groups in total. The second kappa shape index (κ2) is 7.45. The predicted molar refractivity (Wildman–Crippen MR) is 95.9 cm³/mol. The fraction of sp³-hybridized carbons (Fsp3) is 0.471. The third-order valence-electron chi connectivity index (χ3n) is 4.54. The molecule has 136 valence electrons. The normalized spacial score (nSPS) is 16.1. The summed E-state index contributed by atoms with van der Waals surface area (Å²) >= 11 is 1.54. The molecule has 2 aromatic heterocycles. The number of rotatable bonds is 6. The Balaban J connectivity index is 1.48. The van der Waals surface area contributed by atoms with E-state index in [0.717, 1.165) is 29.3 Å². The zero-order valence-electron chi connectivity index (χ0n) is 14.7. The van der Waals surface area contributed by atoms with E-state index < -0.39 is 0 Å². The summed E-state index contributed by atoms with van der Waals surface area (Å²) in [5, 5.41) is 21.3. The van der Waals surface area contributed by atoms with Crippen molar-refractivity contribution in [3.8, 4) is 17.2 Å². The summed E-state index contributed by atoms with van der Waals surface area (Å²) in [6.45, 7) is 2.02. The van der Waals surface area contributed by atoms with E-state index in [1.165, 1.54) is 12.8 Å². The molecule has 1 saturated carbocycles. The van der Waals surface area contributed by atoms with Gasteiger partial charge in [-0.25, -0.2) is 4.68 Å². The Hall–Kier alpha value is -2.42. The van der Waals surface area contributed by atoms with E-state index in [0.29, 0.717) is 17.8 Å². The molecule has 0 spiro atoms. The van der Waals surface area contributed by atoms with Crippen LogP contribution in [-0.4, -0.2) is 37.5 Å². The van der Waals surface area contributed by atoms with Crippen LogP contribution in [0.3, 0.4) is 0 Å².